The standard InChI is InChI=1S/C32H30ClN3S/c1-20-10-12-24(13-11-20)28-26-9-4-5-18-35-27(23-14-16-25(33)17-15-23)19-36(32(26)35)30(28)31(37)34-29-21(2)7-6-8-22(29)3/h6-8,10-17,19H,4-5,9,18H2,1-3H3,(H,34,37). The number of hydrogen-bond acceptors (Lipinski definition) is 1. The largest absolute Gasteiger partial charge is 0.344 e. The minimum atomic E-state index is 0.745. The van der Waals surface area contributed by atoms with Crippen LogP contribution in [0.5, 0.6) is 0 Å². The Kier molecular flexibility index (Phi) is 6.18. The summed E-state index contributed by atoms with van der Waals surface area (Å²) in [5, 5.41) is 4.39. The molecular weight excluding hydrogens is 494 g/mol. The van der Waals surface area contributed by atoms with Crippen LogP contribution in [-0.2, 0) is 13.0 Å². The number of para-hydroxylation sites is 1. The number of nitrogens with zero attached hydrogens (tertiary/aromatic N) is 2. The van der Waals surface area contributed by atoms with Crippen molar-refractivity contribution in [1.29, 1.82) is 0 Å². The van der Waals surface area contributed by atoms with Gasteiger partial charge < -0.3 is 9.88 Å². The number of anilines is 1. The molecule has 5 heteroatoms. The number of halogens is 1. The quantitative estimate of drug-likeness (QED) is 0.238. The van der Waals surface area contributed by atoms with Gasteiger partial charge in [0.05, 0.1) is 11.4 Å². The van der Waals surface area contributed by atoms with Crippen LogP contribution in [0.1, 0.15) is 40.8 Å². The van der Waals surface area contributed by atoms with Gasteiger partial charge in [0.15, 0.2) is 0 Å². The number of hydrogen-bond donors (Lipinski definition) is 1. The SMILES string of the molecule is Cc1ccc(-c2c3c4n(c(-c5ccc(Cl)cc5)cn4c2C(=S)Nc2c(C)cccc2C)CCCC3)cc1. The third-order valence-corrected chi connectivity index (χ3v) is 8.10. The van der Waals surface area contributed by atoms with E-state index >= 15 is 0 Å². The molecule has 5 aromatic rings. The number of imidazole rings is 1. The van der Waals surface area contributed by atoms with Gasteiger partial charge in [0.25, 0.3) is 0 Å². The highest BCUT2D eigenvalue weighted by atomic mass is 35.5. The van der Waals surface area contributed by atoms with E-state index in [1.807, 2.05) is 12.1 Å². The molecule has 0 bridgehead atoms. The predicted octanol–water partition coefficient (Wildman–Crippen LogP) is 8.78. The highest BCUT2D eigenvalue weighted by Gasteiger charge is 2.28. The molecule has 0 saturated carbocycles. The lowest BCUT2D eigenvalue weighted by molar-refractivity contribution is 0.647. The molecule has 0 spiro atoms. The molecule has 1 aliphatic heterocycles. The second-order valence-corrected chi connectivity index (χ2v) is 11.0. The van der Waals surface area contributed by atoms with E-state index in [1.54, 1.807) is 0 Å². The Labute approximate surface area is 228 Å². The summed E-state index contributed by atoms with van der Waals surface area (Å²) in [4.78, 5) is 0.745. The normalized spacial score (nSPS) is 13.1. The molecule has 0 radical (unpaired) electrons. The molecule has 0 saturated heterocycles. The first kappa shape index (κ1) is 24.0. The van der Waals surface area contributed by atoms with Gasteiger partial charge in [0, 0.05) is 34.6 Å². The lowest BCUT2D eigenvalue weighted by Crippen LogP contribution is -2.15. The molecule has 6 rings (SSSR count). The van der Waals surface area contributed by atoms with Crippen molar-refractivity contribution in [2.24, 2.45) is 0 Å². The summed E-state index contributed by atoms with van der Waals surface area (Å²) in [5.74, 6) is 0. The topological polar surface area (TPSA) is 21.4 Å². The monoisotopic (exact) mass is 523 g/mol. The number of nitrogens with one attached hydrogen (secondary N) is 1. The molecule has 0 atom stereocenters. The van der Waals surface area contributed by atoms with Crippen molar-refractivity contribution < 1.29 is 0 Å². The lowest BCUT2D eigenvalue weighted by Gasteiger charge is -2.15. The van der Waals surface area contributed by atoms with Gasteiger partial charge in [-0.05, 0) is 74.4 Å². The van der Waals surface area contributed by atoms with Crippen molar-refractivity contribution in [3.05, 3.63) is 106 Å². The zero-order valence-electron chi connectivity index (χ0n) is 21.4. The van der Waals surface area contributed by atoms with Crippen LogP contribution < -0.4 is 5.32 Å². The number of thiocarbonyl (C=S) groups is 1. The summed E-state index contributed by atoms with van der Waals surface area (Å²) < 4.78 is 4.82. The van der Waals surface area contributed by atoms with Gasteiger partial charge in [-0.2, -0.15) is 0 Å². The average molecular weight is 524 g/mol. The van der Waals surface area contributed by atoms with Crippen molar-refractivity contribution in [2.75, 3.05) is 5.32 Å². The van der Waals surface area contributed by atoms with Crippen LogP contribution in [0.2, 0.25) is 5.02 Å². The third kappa shape index (κ3) is 4.18. The molecule has 37 heavy (non-hydrogen) atoms. The minimum Gasteiger partial charge on any atom is -0.344 e. The minimum absolute atomic E-state index is 0.745. The molecule has 0 fully saturated rings. The summed E-state index contributed by atoms with van der Waals surface area (Å²) in [6, 6.07) is 23.4. The Bertz CT molecular complexity index is 1620. The second kappa shape index (κ2) is 9.51. The molecule has 0 aliphatic carbocycles. The van der Waals surface area contributed by atoms with E-state index in [4.69, 9.17) is 23.8 Å². The fraction of sp³-hybridized carbons (Fsp3) is 0.219. The fourth-order valence-electron chi connectivity index (χ4n) is 5.68. The van der Waals surface area contributed by atoms with Crippen LogP contribution in [0.25, 0.3) is 28.0 Å². The first-order chi connectivity index (χ1) is 17.9. The Hall–Kier alpha value is -3.34. The zero-order chi connectivity index (χ0) is 25.7. The number of benzene rings is 3. The first-order valence-corrected chi connectivity index (χ1v) is 13.7. The summed E-state index contributed by atoms with van der Waals surface area (Å²) >= 11 is 12.4. The third-order valence-electron chi connectivity index (χ3n) is 7.55. The van der Waals surface area contributed by atoms with Crippen molar-refractivity contribution in [1.82, 2.24) is 8.97 Å². The smallest absolute Gasteiger partial charge is 0.128 e. The van der Waals surface area contributed by atoms with E-state index in [0.717, 1.165) is 52.8 Å². The molecular formula is C32H30ClN3S. The van der Waals surface area contributed by atoms with E-state index in [2.05, 4.69) is 95.8 Å². The molecule has 1 aliphatic rings. The van der Waals surface area contributed by atoms with E-state index in [0.29, 0.717) is 0 Å². The summed E-state index contributed by atoms with van der Waals surface area (Å²) in [6.07, 6.45) is 5.59. The summed E-state index contributed by atoms with van der Waals surface area (Å²) in [6.45, 7) is 7.38. The molecule has 1 N–H and O–H groups in total. The Morgan fingerprint density at radius 1 is 0.865 bits per heavy atom. The van der Waals surface area contributed by atoms with Gasteiger partial charge in [0.2, 0.25) is 0 Å². The number of aryl methyl sites for hydroxylation is 5. The number of aromatic nitrogens is 2. The molecule has 186 valence electrons. The van der Waals surface area contributed by atoms with E-state index in [1.165, 1.54) is 44.7 Å². The average Bonchev–Trinajstić information content (AvgIpc) is 3.30. The van der Waals surface area contributed by atoms with E-state index < -0.39 is 0 Å². The van der Waals surface area contributed by atoms with Gasteiger partial charge in [-0.25, -0.2) is 0 Å². The van der Waals surface area contributed by atoms with Crippen LogP contribution >= 0.6 is 23.8 Å². The van der Waals surface area contributed by atoms with Crippen LogP contribution in [0.3, 0.4) is 0 Å². The van der Waals surface area contributed by atoms with Gasteiger partial charge >= 0.3 is 0 Å². The Morgan fingerprint density at radius 2 is 1.54 bits per heavy atom. The zero-order valence-corrected chi connectivity index (χ0v) is 23.0. The van der Waals surface area contributed by atoms with Crippen molar-refractivity contribution in [2.45, 2.75) is 46.6 Å². The maximum absolute atomic E-state index is 6.22. The Morgan fingerprint density at radius 3 is 2.24 bits per heavy atom. The van der Waals surface area contributed by atoms with Gasteiger partial charge in [-0.1, -0.05) is 84.0 Å². The van der Waals surface area contributed by atoms with Crippen LogP contribution in [0.4, 0.5) is 5.69 Å². The Balaban J connectivity index is 1.62. The highest BCUT2D eigenvalue weighted by Crippen LogP contribution is 2.40. The van der Waals surface area contributed by atoms with Crippen LogP contribution in [0, 0.1) is 20.8 Å². The van der Waals surface area contributed by atoms with E-state index in [-0.39, 0.29) is 0 Å². The van der Waals surface area contributed by atoms with Gasteiger partial charge in [-0.15, -0.1) is 0 Å². The molecule has 3 aromatic carbocycles. The molecule has 2 aromatic heterocycles. The molecule has 3 heterocycles. The maximum Gasteiger partial charge on any atom is 0.128 e. The fourth-order valence-corrected chi connectivity index (χ4v) is 6.10. The molecule has 0 unspecified atom stereocenters. The number of rotatable bonds is 4. The van der Waals surface area contributed by atoms with Gasteiger partial charge in [-0.3, -0.25) is 4.40 Å². The van der Waals surface area contributed by atoms with Gasteiger partial charge in [0.1, 0.15) is 10.6 Å². The lowest BCUT2D eigenvalue weighted by atomic mass is 9.97. The highest BCUT2D eigenvalue weighted by molar-refractivity contribution is 7.81. The predicted molar refractivity (Wildman–Crippen MR) is 160 cm³/mol. The van der Waals surface area contributed by atoms with E-state index in [9.17, 15) is 0 Å². The molecule has 3 nitrogen and oxygen atoms in total. The first-order valence-electron chi connectivity index (χ1n) is 12.9. The second-order valence-electron chi connectivity index (χ2n) is 10.1. The van der Waals surface area contributed by atoms with Crippen LogP contribution in [-0.4, -0.2) is 14.0 Å². The van der Waals surface area contributed by atoms with Crippen molar-refractivity contribution in [3.63, 3.8) is 0 Å². The van der Waals surface area contributed by atoms with Crippen molar-refractivity contribution in [3.8, 4) is 22.4 Å². The summed E-state index contributed by atoms with van der Waals surface area (Å²) in [7, 11) is 0. The van der Waals surface area contributed by atoms with Crippen molar-refractivity contribution >= 4 is 40.1 Å². The van der Waals surface area contributed by atoms with Crippen LogP contribution in [0.15, 0.2) is 72.9 Å². The molecule has 0 amide bonds. The summed E-state index contributed by atoms with van der Waals surface area (Å²) in [5.41, 5.74) is 13.2. The maximum atomic E-state index is 6.22.